The van der Waals surface area contributed by atoms with E-state index in [-0.39, 0.29) is 0 Å². The minimum atomic E-state index is -0.831. The largest absolute Gasteiger partial charge is 0.481 e. The normalized spacial score (nSPS) is 11.1. The molecule has 2 N–H and O–H groups in total. The molecule has 15 heavy (non-hydrogen) atoms. The molecular weight excluding hydrogens is 260 g/mol. The van der Waals surface area contributed by atoms with Crippen LogP contribution in [0.5, 0.6) is 0 Å². The van der Waals surface area contributed by atoms with Crippen LogP contribution in [-0.4, -0.2) is 22.6 Å². The Balaban J connectivity index is 2.66. The second-order valence-corrected chi connectivity index (χ2v) is 4.73. The van der Waals surface area contributed by atoms with Gasteiger partial charge in [-0.05, 0) is 41.9 Å². The maximum Gasteiger partial charge on any atom is 0.310 e. The summed E-state index contributed by atoms with van der Waals surface area (Å²) in [7, 11) is 0. The fraction of sp³-hybridized carbons (Fsp3) is 0.400. The van der Waals surface area contributed by atoms with Gasteiger partial charge in [0.05, 0.1) is 9.89 Å². The van der Waals surface area contributed by atoms with E-state index in [1.165, 1.54) is 0 Å². The van der Waals surface area contributed by atoms with Crippen LogP contribution in [0.4, 0.5) is 5.82 Å². The first-order valence-electron chi connectivity index (χ1n) is 4.51. The number of hydrogen-bond donors (Lipinski definition) is 2. The number of hydrogen-bond acceptors (Lipinski definition) is 3. The quantitative estimate of drug-likeness (QED) is 0.884. The molecule has 0 aliphatic heterocycles. The molecule has 1 rings (SSSR count). The van der Waals surface area contributed by atoms with Crippen molar-refractivity contribution >= 4 is 27.7 Å². The van der Waals surface area contributed by atoms with Crippen LogP contribution < -0.4 is 5.32 Å². The van der Waals surface area contributed by atoms with Crippen molar-refractivity contribution in [1.29, 1.82) is 0 Å². The number of aliphatic carboxylic acids is 1. The summed E-state index contributed by atoms with van der Waals surface area (Å²) < 4.78 is 0.825. The molecule has 4 nitrogen and oxygen atoms in total. The molecule has 82 valence electrons. The first kappa shape index (κ1) is 12.0. The lowest BCUT2D eigenvalue weighted by Gasteiger charge is -2.20. The zero-order valence-corrected chi connectivity index (χ0v) is 10.2. The summed E-state index contributed by atoms with van der Waals surface area (Å²) in [6, 6.07) is 3.65. The van der Waals surface area contributed by atoms with Gasteiger partial charge >= 0.3 is 5.97 Å². The summed E-state index contributed by atoms with van der Waals surface area (Å²) in [6.45, 7) is 3.66. The van der Waals surface area contributed by atoms with E-state index in [2.05, 4.69) is 26.2 Å². The molecule has 1 aromatic rings. The summed E-state index contributed by atoms with van der Waals surface area (Å²) >= 11 is 3.33. The van der Waals surface area contributed by atoms with Crippen LogP contribution in [0, 0.1) is 5.41 Å². The number of carbonyl (C=O) groups is 1. The molecule has 0 aliphatic carbocycles. The first-order chi connectivity index (χ1) is 6.93. The van der Waals surface area contributed by atoms with E-state index in [1.54, 1.807) is 26.1 Å². The highest BCUT2D eigenvalue weighted by atomic mass is 79.9. The van der Waals surface area contributed by atoms with Gasteiger partial charge in [0.1, 0.15) is 5.82 Å². The van der Waals surface area contributed by atoms with Crippen LogP contribution in [-0.2, 0) is 4.79 Å². The van der Waals surface area contributed by atoms with Crippen LogP contribution in [0.2, 0.25) is 0 Å². The Bertz CT molecular complexity index is 366. The number of anilines is 1. The zero-order valence-electron chi connectivity index (χ0n) is 8.62. The average molecular weight is 273 g/mol. The monoisotopic (exact) mass is 272 g/mol. The Morgan fingerprint density at radius 2 is 2.33 bits per heavy atom. The number of nitrogens with zero attached hydrogens (tertiary/aromatic N) is 1. The molecule has 0 spiro atoms. The second kappa shape index (κ2) is 4.61. The third-order valence-electron chi connectivity index (χ3n) is 2.04. The third-order valence-corrected chi connectivity index (χ3v) is 2.68. The van der Waals surface area contributed by atoms with Crippen LogP contribution in [0.25, 0.3) is 0 Å². The van der Waals surface area contributed by atoms with Crippen LogP contribution in [0.3, 0.4) is 0 Å². The topological polar surface area (TPSA) is 62.2 Å². The van der Waals surface area contributed by atoms with Gasteiger partial charge in [-0.1, -0.05) is 0 Å². The smallest absolute Gasteiger partial charge is 0.310 e. The first-order valence-corrected chi connectivity index (χ1v) is 5.30. The Labute approximate surface area is 96.8 Å². The molecule has 0 atom stereocenters. The zero-order chi connectivity index (χ0) is 11.5. The van der Waals surface area contributed by atoms with E-state index in [1.807, 2.05) is 6.07 Å². The van der Waals surface area contributed by atoms with Crippen molar-refractivity contribution in [3.63, 3.8) is 0 Å². The molecule has 1 heterocycles. The van der Waals surface area contributed by atoms with E-state index < -0.39 is 11.4 Å². The summed E-state index contributed by atoms with van der Waals surface area (Å²) in [5.74, 6) is -0.172. The predicted octanol–water partition coefficient (Wildman–Crippen LogP) is 2.37. The molecule has 0 aromatic carbocycles. The van der Waals surface area contributed by atoms with Crippen LogP contribution in [0.15, 0.2) is 22.8 Å². The number of halogens is 1. The van der Waals surface area contributed by atoms with Gasteiger partial charge < -0.3 is 10.4 Å². The molecule has 0 aliphatic rings. The van der Waals surface area contributed by atoms with Crippen molar-refractivity contribution in [3.8, 4) is 0 Å². The molecule has 0 radical (unpaired) electrons. The van der Waals surface area contributed by atoms with Gasteiger partial charge in [0.2, 0.25) is 0 Å². The van der Waals surface area contributed by atoms with Gasteiger partial charge in [-0.15, -0.1) is 0 Å². The van der Waals surface area contributed by atoms with E-state index in [0.29, 0.717) is 12.4 Å². The Kier molecular flexibility index (Phi) is 3.68. The average Bonchev–Trinajstić information content (AvgIpc) is 2.16. The maximum absolute atomic E-state index is 10.9. The number of pyridine rings is 1. The van der Waals surface area contributed by atoms with Gasteiger partial charge in [0.25, 0.3) is 0 Å². The molecule has 0 saturated heterocycles. The molecule has 0 bridgehead atoms. The second-order valence-electron chi connectivity index (χ2n) is 3.88. The summed E-state index contributed by atoms with van der Waals surface area (Å²) in [5.41, 5.74) is -0.809. The highest BCUT2D eigenvalue weighted by Crippen LogP contribution is 2.21. The van der Waals surface area contributed by atoms with E-state index >= 15 is 0 Å². The summed E-state index contributed by atoms with van der Waals surface area (Å²) in [6.07, 6.45) is 1.65. The molecule has 1 aromatic heterocycles. The third kappa shape index (κ3) is 3.20. The molecule has 5 heteroatoms. The highest BCUT2D eigenvalue weighted by molar-refractivity contribution is 9.10. The molecule has 0 unspecified atom stereocenters. The lowest BCUT2D eigenvalue weighted by atomic mass is 9.94. The summed E-state index contributed by atoms with van der Waals surface area (Å²) in [4.78, 5) is 14.9. The van der Waals surface area contributed by atoms with Crippen LogP contribution >= 0.6 is 15.9 Å². The highest BCUT2D eigenvalue weighted by Gasteiger charge is 2.26. The maximum atomic E-state index is 10.9. The Morgan fingerprint density at radius 1 is 1.67 bits per heavy atom. The van der Waals surface area contributed by atoms with Crippen molar-refractivity contribution in [3.05, 3.63) is 22.8 Å². The van der Waals surface area contributed by atoms with Gasteiger partial charge in [-0.25, -0.2) is 4.98 Å². The molecule has 0 fully saturated rings. The van der Waals surface area contributed by atoms with Gasteiger partial charge in [-0.3, -0.25) is 4.79 Å². The minimum Gasteiger partial charge on any atom is -0.481 e. The van der Waals surface area contributed by atoms with Crippen molar-refractivity contribution < 1.29 is 9.90 Å². The number of carboxylic acid groups (broad SMARTS) is 1. The summed E-state index contributed by atoms with van der Waals surface area (Å²) in [5, 5.41) is 11.9. The lowest BCUT2D eigenvalue weighted by molar-refractivity contribution is -0.146. The number of rotatable bonds is 4. The standard InChI is InChI=1S/C10H13BrN2O2/c1-10(2,9(14)15)6-13-8-7(11)4-3-5-12-8/h3-5H,6H2,1-2H3,(H,12,13)(H,14,15). The molecule has 0 amide bonds. The molecular formula is C10H13BrN2O2. The fourth-order valence-corrected chi connectivity index (χ4v) is 1.29. The lowest BCUT2D eigenvalue weighted by Crippen LogP contribution is -2.32. The Morgan fingerprint density at radius 3 is 2.87 bits per heavy atom. The molecule has 0 saturated carbocycles. The SMILES string of the molecule is CC(C)(CNc1ncccc1Br)C(=O)O. The Hall–Kier alpha value is -1.10. The van der Waals surface area contributed by atoms with Gasteiger partial charge in [0, 0.05) is 12.7 Å². The van der Waals surface area contributed by atoms with E-state index in [0.717, 1.165) is 4.47 Å². The van der Waals surface area contributed by atoms with Crippen molar-refractivity contribution in [2.45, 2.75) is 13.8 Å². The van der Waals surface area contributed by atoms with Gasteiger partial charge in [-0.2, -0.15) is 0 Å². The van der Waals surface area contributed by atoms with Gasteiger partial charge in [0.15, 0.2) is 0 Å². The van der Waals surface area contributed by atoms with Crippen molar-refractivity contribution in [2.75, 3.05) is 11.9 Å². The minimum absolute atomic E-state index is 0.331. The van der Waals surface area contributed by atoms with Crippen molar-refractivity contribution in [1.82, 2.24) is 4.98 Å². The van der Waals surface area contributed by atoms with E-state index in [9.17, 15) is 4.79 Å². The fourth-order valence-electron chi connectivity index (χ4n) is 0.896. The van der Waals surface area contributed by atoms with E-state index in [4.69, 9.17) is 5.11 Å². The number of nitrogens with one attached hydrogen (secondary N) is 1. The number of carboxylic acids is 1. The predicted molar refractivity (Wildman–Crippen MR) is 61.8 cm³/mol. The van der Waals surface area contributed by atoms with Crippen molar-refractivity contribution in [2.24, 2.45) is 5.41 Å². The van der Waals surface area contributed by atoms with Crippen LogP contribution in [0.1, 0.15) is 13.8 Å². The number of aromatic nitrogens is 1.